The smallest absolute Gasteiger partial charge is 0.418 e. The SMILES string of the molecule is CC1CCC(c2ccc(F)cc2)N1C(=O)CN1C(=O)O[C@@]2(CCc3cc(N)ccc32)C1=O. The van der Waals surface area contributed by atoms with E-state index < -0.39 is 17.6 Å². The number of halogens is 1. The second-order valence-electron chi connectivity index (χ2n) is 8.80. The standard InChI is InChI=1S/C24H24FN3O4/c1-14-2-9-20(15-3-5-17(25)6-4-15)28(14)21(29)13-27-22(30)24(32-23(27)31)11-10-16-12-18(26)7-8-19(16)24/h3-8,12,14,20H,2,9-11,13,26H2,1H3/t14?,20?,24-/m1/s1. The average molecular weight is 437 g/mol. The van der Waals surface area contributed by atoms with Crippen LogP contribution in [0, 0.1) is 5.82 Å². The van der Waals surface area contributed by atoms with E-state index in [-0.39, 0.29) is 30.4 Å². The summed E-state index contributed by atoms with van der Waals surface area (Å²) >= 11 is 0. The number of carbonyl (C=O) groups is 3. The van der Waals surface area contributed by atoms with Crippen LogP contribution >= 0.6 is 0 Å². The molecule has 2 fully saturated rings. The van der Waals surface area contributed by atoms with Crippen LogP contribution in [0.5, 0.6) is 0 Å². The maximum absolute atomic E-state index is 13.4. The van der Waals surface area contributed by atoms with Crippen molar-refractivity contribution in [2.75, 3.05) is 12.3 Å². The fraction of sp³-hybridized carbons (Fsp3) is 0.375. The van der Waals surface area contributed by atoms with Crippen LogP contribution in [0.2, 0.25) is 0 Å². The molecule has 0 radical (unpaired) electrons. The van der Waals surface area contributed by atoms with Crippen LogP contribution in [0.25, 0.3) is 0 Å². The first-order valence-corrected chi connectivity index (χ1v) is 10.8. The summed E-state index contributed by atoms with van der Waals surface area (Å²) in [7, 11) is 0. The van der Waals surface area contributed by atoms with E-state index in [9.17, 15) is 18.8 Å². The number of hydrogen-bond donors (Lipinski definition) is 1. The molecule has 0 aromatic heterocycles. The molecule has 2 aromatic carbocycles. The molecule has 5 rings (SSSR count). The lowest BCUT2D eigenvalue weighted by Crippen LogP contribution is -2.46. The molecule has 3 atom stereocenters. The van der Waals surface area contributed by atoms with Crippen LogP contribution < -0.4 is 5.73 Å². The number of imide groups is 1. The van der Waals surface area contributed by atoms with Gasteiger partial charge >= 0.3 is 6.09 Å². The van der Waals surface area contributed by atoms with Gasteiger partial charge in [-0.15, -0.1) is 0 Å². The quantitative estimate of drug-likeness (QED) is 0.744. The van der Waals surface area contributed by atoms with E-state index in [4.69, 9.17) is 10.5 Å². The van der Waals surface area contributed by atoms with Crippen LogP contribution in [-0.2, 0) is 26.3 Å². The summed E-state index contributed by atoms with van der Waals surface area (Å²) < 4.78 is 19.0. The lowest BCUT2D eigenvalue weighted by atomic mass is 9.94. The first kappa shape index (κ1) is 20.5. The Hall–Kier alpha value is -3.42. The third-order valence-corrected chi connectivity index (χ3v) is 6.89. The highest BCUT2D eigenvalue weighted by molar-refractivity contribution is 6.06. The Morgan fingerprint density at radius 2 is 1.94 bits per heavy atom. The van der Waals surface area contributed by atoms with Crippen molar-refractivity contribution in [3.8, 4) is 0 Å². The molecule has 1 aliphatic carbocycles. The first-order valence-electron chi connectivity index (χ1n) is 10.8. The Labute approximate surface area is 184 Å². The Morgan fingerprint density at radius 3 is 2.69 bits per heavy atom. The lowest BCUT2D eigenvalue weighted by molar-refractivity contribution is -0.143. The molecule has 2 unspecified atom stereocenters. The van der Waals surface area contributed by atoms with Crippen molar-refractivity contribution in [3.05, 3.63) is 65.0 Å². The molecule has 2 N–H and O–H groups in total. The second kappa shape index (κ2) is 7.32. The molecule has 3 amide bonds. The van der Waals surface area contributed by atoms with Gasteiger partial charge in [0.25, 0.3) is 5.91 Å². The highest BCUT2D eigenvalue weighted by atomic mass is 19.1. The number of nitrogens with zero attached hydrogens (tertiary/aromatic N) is 2. The van der Waals surface area contributed by atoms with Gasteiger partial charge in [-0.3, -0.25) is 9.59 Å². The highest BCUT2D eigenvalue weighted by Gasteiger charge is 2.58. The molecule has 2 heterocycles. The number of carbonyl (C=O) groups excluding carboxylic acids is 3. The number of hydrogen-bond acceptors (Lipinski definition) is 5. The first-order chi connectivity index (χ1) is 15.3. The largest absolute Gasteiger partial charge is 0.427 e. The third kappa shape index (κ3) is 3.04. The van der Waals surface area contributed by atoms with Crippen molar-refractivity contribution in [2.45, 2.75) is 50.3 Å². The minimum absolute atomic E-state index is 0.0598. The predicted molar refractivity (Wildman–Crippen MR) is 114 cm³/mol. The average Bonchev–Trinajstić information content (AvgIpc) is 3.39. The number of amides is 3. The van der Waals surface area contributed by atoms with Gasteiger partial charge in [-0.2, -0.15) is 0 Å². The van der Waals surface area contributed by atoms with Gasteiger partial charge in [-0.05, 0) is 61.6 Å². The summed E-state index contributed by atoms with van der Waals surface area (Å²) in [5.74, 6) is -1.18. The molecule has 2 saturated heterocycles. The molecule has 2 aromatic rings. The van der Waals surface area contributed by atoms with E-state index in [1.54, 1.807) is 35.2 Å². The second-order valence-corrected chi connectivity index (χ2v) is 8.80. The molecule has 166 valence electrons. The lowest BCUT2D eigenvalue weighted by Gasteiger charge is -2.30. The summed E-state index contributed by atoms with van der Waals surface area (Å²) in [6, 6.07) is 11.0. The predicted octanol–water partition coefficient (Wildman–Crippen LogP) is 3.28. The molecular formula is C24H24FN3O4. The topological polar surface area (TPSA) is 92.9 Å². The summed E-state index contributed by atoms with van der Waals surface area (Å²) in [6.07, 6.45) is 1.61. The number of nitrogens with two attached hydrogens (primary N) is 1. The van der Waals surface area contributed by atoms with Gasteiger partial charge in [0.05, 0.1) is 6.04 Å². The van der Waals surface area contributed by atoms with E-state index in [2.05, 4.69) is 0 Å². The van der Waals surface area contributed by atoms with Gasteiger partial charge in [-0.1, -0.05) is 18.2 Å². The molecule has 8 heteroatoms. The number of nitrogen functional groups attached to an aromatic ring is 1. The molecule has 32 heavy (non-hydrogen) atoms. The monoisotopic (exact) mass is 437 g/mol. The summed E-state index contributed by atoms with van der Waals surface area (Å²) in [5.41, 5.74) is 7.40. The van der Waals surface area contributed by atoms with Crippen LogP contribution in [0.15, 0.2) is 42.5 Å². The molecule has 1 spiro atoms. The minimum atomic E-state index is -1.38. The van der Waals surface area contributed by atoms with Gasteiger partial charge in [0.15, 0.2) is 0 Å². The van der Waals surface area contributed by atoms with Gasteiger partial charge in [0.1, 0.15) is 12.4 Å². The van der Waals surface area contributed by atoms with Crippen molar-refractivity contribution in [1.82, 2.24) is 9.80 Å². The molecule has 7 nitrogen and oxygen atoms in total. The highest BCUT2D eigenvalue weighted by Crippen LogP contribution is 2.46. The maximum Gasteiger partial charge on any atom is 0.418 e. The fourth-order valence-electron chi connectivity index (χ4n) is 5.31. The van der Waals surface area contributed by atoms with Crippen molar-refractivity contribution >= 4 is 23.6 Å². The van der Waals surface area contributed by atoms with Crippen molar-refractivity contribution < 1.29 is 23.5 Å². The summed E-state index contributed by atoms with van der Waals surface area (Å²) in [5, 5.41) is 0. The zero-order valence-electron chi connectivity index (χ0n) is 17.7. The molecular weight excluding hydrogens is 413 g/mol. The number of fused-ring (bicyclic) bond motifs is 2. The number of rotatable bonds is 3. The third-order valence-electron chi connectivity index (χ3n) is 6.89. The van der Waals surface area contributed by atoms with E-state index >= 15 is 0 Å². The van der Waals surface area contributed by atoms with E-state index in [0.717, 1.165) is 28.9 Å². The normalized spacial score (nSPS) is 26.7. The molecule has 0 bridgehead atoms. The summed E-state index contributed by atoms with van der Waals surface area (Å²) in [4.78, 5) is 41.9. The zero-order chi connectivity index (χ0) is 22.6. The number of ether oxygens (including phenoxy) is 1. The minimum Gasteiger partial charge on any atom is -0.427 e. The van der Waals surface area contributed by atoms with Gasteiger partial charge in [-0.25, -0.2) is 14.1 Å². The Balaban J connectivity index is 1.38. The van der Waals surface area contributed by atoms with Crippen LogP contribution in [0.3, 0.4) is 0 Å². The van der Waals surface area contributed by atoms with Crippen LogP contribution in [0.4, 0.5) is 14.9 Å². The van der Waals surface area contributed by atoms with Crippen LogP contribution in [0.1, 0.15) is 48.9 Å². The number of benzene rings is 2. The van der Waals surface area contributed by atoms with Crippen molar-refractivity contribution in [3.63, 3.8) is 0 Å². The number of aryl methyl sites for hydroxylation is 1. The molecule has 2 aliphatic heterocycles. The van der Waals surface area contributed by atoms with Gasteiger partial charge < -0.3 is 15.4 Å². The Morgan fingerprint density at radius 1 is 1.19 bits per heavy atom. The van der Waals surface area contributed by atoms with Crippen molar-refractivity contribution in [2.24, 2.45) is 0 Å². The van der Waals surface area contributed by atoms with E-state index in [1.807, 2.05) is 6.92 Å². The summed E-state index contributed by atoms with van der Waals surface area (Å²) in [6.45, 7) is 1.55. The fourth-order valence-corrected chi connectivity index (χ4v) is 5.31. The number of anilines is 1. The Bertz CT molecular complexity index is 1120. The number of likely N-dealkylation sites (tertiary alicyclic amines) is 1. The Kier molecular flexibility index (Phi) is 4.69. The van der Waals surface area contributed by atoms with E-state index in [1.165, 1.54) is 12.1 Å². The molecule has 0 saturated carbocycles. The van der Waals surface area contributed by atoms with Crippen molar-refractivity contribution in [1.29, 1.82) is 0 Å². The van der Waals surface area contributed by atoms with E-state index in [0.29, 0.717) is 24.1 Å². The van der Waals surface area contributed by atoms with Gasteiger partial charge in [0.2, 0.25) is 11.5 Å². The van der Waals surface area contributed by atoms with Gasteiger partial charge in [0, 0.05) is 23.7 Å². The molecule has 3 aliphatic rings. The van der Waals surface area contributed by atoms with Crippen LogP contribution in [-0.4, -0.2) is 40.3 Å². The zero-order valence-corrected chi connectivity index (χ0v) is 17.7. The maximum atomic E-state index is 13.4.